The largest absolute Gasteiger partial charge is 0.508 e. The first-order valence-electron chi connectivity index (χ1n) is 5.91. The van der Waals surface area contributed by atoms with Gasteiger partial charge in [-0.05, 0) is 42.5 Å². The van der Waals surface area contributed by atoms with Crippen LogP contribution in [-0.2, 0) is 10.0 Å². The molecule has 0 aliphatic heterocycles. The normalized spacial score (nSPS) is 10.9. The summed E-state index contributed by atoms with van der Waals surface area (Å²) in [5.41, 5.74) is 0.144. The van der Waals surface area contributed by atoms with Crippen molar-refractivity contribution in [2.75, 3.05) is 11.8 Å². The summed E-state index contributed by atoms with van der Waals surface area (Å²) < 4.78 is 31.7. The second-order valence-corrected chi connectivity index (χ2v) is 5.85. The summed E-state index contributed by atoms with van der Waals surface area (Å²) in [6.07, 6.45) is 0.464. The highest BCUT2D eigenvalue weighted by atomic mass is 32.2. The Morgan fingerprint density at radius 1 is 1.14 bits per heavy atom. The third-order valence-electron chi connectivity index (χ3n) is 2.78. The minimum absolute atomic E-state index is 0.0354. The van der Waals surface area contributed by atoms with E-state index in [1.54, 1.807) is 0 Å². The fraction of sp³-hybridized carbons (Fsp3) is 0.0714. The molecule has 2 N–H and O–H groups in total. The number of hydrogen-bond donors (Lipinski definition) is 2. The number of carbonyl (C=O) groups is 1. The highest BCUT2D eigenvalue weighted by Gasteiger charge is 2.16. The number of sulfonamides is 1. The van der Waals surface area contributed by atoms with Gasteiger partial charge in [-0.2, -0.15) is 0 Å². The van der Waals surface area contributed by atoms with Gasteiger partial charge in [-0.15, -0.1) is 0 Å². The average Bonchev–Trinajstić information content (AvgIpc) is 2.49. The molecular weight excluding hydrogens is 294 g/mol. The minimum Gasteiger partial charge on any atom is -0.508 e. The molecule has 110 valence electrons. The highest BCUT2D eigenvalue weighted by molar-refractivity contribution is 7.92. The van der Waals surface area contributed by atoms with E-state index in [1.807, 2.05) is 0 Å². The molecule has 21 heavy (non-hydrogen) atoms. The van der Waals surface area contributed by atoms with Crippen molar-refractivity contribution in [1.82, 2.24) is 0 Å². The van der Waals surface area contributed by atoms with Crippen LogP contribution in [0.3, 0.4) is 0 Å². The second kappa shape index (κ2) is 5.84. The molecule has 6 nitrogen and oxygen atoms in total. The van der Waals surface area contributed by atoms with E-state index in [1.165, 1.54) is 49.6 Å². The Bertz CT molecular complexity index is 753. The molecule has 0 bridgehead atoms. The number of methoxy groups -OCH3 is 1. The van der Waals surface area contributed by atoms with E-state index >= 15 is 0 Å². The number of aromatic hydroxyl groups is 1. The first kappa shape index (κ1) is 14.9. The van der Waals surface area contributed by atoms with E-state index in [2.05, 4.69) is 4.72 Å². The number of rotatable bonds is 5. The summed E-state index contributed by atoms with van der Waals surface area (Å²) in [5.74, 6) is 0.414. The summed E-state index contributed by atoms with van der Waals surface area (Å²) in [7, 11) is -2.35. The standard InChI is InChI=1S/C14H13NO5S/c1-20-12-3-5-13(6-4-12)21(18,19)15-14-7-2-11(17)8-10(14)9-16/h2-9,15,17H,1H3. The van der Waals surface area contributed by atoms with Crippen molar-refractivity contribution < 1.29 is 23.1 Å². The number of hydrogen-bond acceptors (Lipinski definition) is 5. The molecule has 0 amide bonds. The molecule has 0 unspecified atom stereocenters. The Kier molecular flexibility index (Phi) is 4.13. The Balaban J connectivity index is 2.34. The molecule has 0 radical (unpaired) electrons. The Labute approximate surface area is 122 Å². The van der Waals surface area contributed by atoms with Crippen LogP contribution >= 0.6 is 0 Å². The van der Waals surface area contributed by atoms with Crippen molar-refractivity contribution in [2.45, 2.75) is 4.90 Å². The number of aldehydes is 1. The van der Waals surface area contributed by atoms with Gasteiger partial charge in [0.25, 0.3) is 10.0 Å². The number of carbonyl (C=O) groups excluding carboxylic acids is 1. The maximum Gasteiger partial charge on any atom is 0.261 e. The SMILES string of the molecule is COc1ccc(S(=O)(=O)Nc2ccc(O)cc2C=O)cc1. The molecule has 2 aromatic rings. The lowest BCUT2D eigenvalue weighted by molar-refractivity contribution is 0.112. The number of phenols is 1. The first-order valence-corrected chi connectivity index (χ1v) is 7.39. The van der Waals surface area contributed by atoms with Crippen molar-refractivity contribution in [3.63, 3.8) is 0 Å². The molecular formula is C14H13NO5S. The zero-order valence-corrected chi connectivity index (χ0v) is 11.9. The molecule has 0 saturated carbocycles. The van der Waals surface area contributed by atoms with E-state index in [0.717, 1.165) is 0 Å². The van der Waals surface area contributed by atoms with Crippen molar-refractivity contribution in [3.05, 3.63) is 48.0 Å². The summed E-state index contributed by atoms with van der Waals surface area (Å²) in [4.78, 5) is 11.0. The topological polar surface area (TPSA) is 92.7 Å². The predicted molar refractivity (Wildman–Crippen MR) is 77.3 cm³/mol. The average molecular weight is 307 g/mol. The molecule has 7 heteroatoms. The van der Waals surface area contributed by atoms with Crippen LogP contribution in [0.1, 0.15) is 10.4 Å². The Morgan fingerprint density at radius 2 is 1.81 bits per heavy atom. The summed E-state index contributed by atoms with van der Waals surface area (Å²) in [6.45, 7) is 0. The smallest absolute Gasteiger partial charge is 0.261 e. The number of anilines is 1. The number of ether oxygens (including phenoxy) is 1. The summed E-state index contributed by atoms with van der Waals surface area (Å²) in [5, 5.41) is 9.29. The lowest BCUT2D eigenvalue weighted by Gasteiger charge is -2.10. The van der Waals surface area contributed by atoms with Gasteiger partial charge in [-0.25, -0.2) is 8.42 Å². The van der Waals surface area contributed by atoms with Gasteiger partial charge in [0.1, 0.15) is 11.5 Å². The molecule has 0 aromatic heterocycles. The zero-order chi connectivity index (χ0) is 15.5. The molecule has 0 atom stereocenters. The molecule has 0 spiro atoms. The van der Waals surface area contributed by atoms with Crippen molar-refractivity contribution >= 4 is 22.0 Å². The van der Waals surface area contributed by atoms with Crippen LogP contribution in [0.4, 0.5) is 5.69 Å². The van der Waals surface area contributed by atoms with E-state index in [0.29, 0.717) is 12.0 Å². The van der Waals surface area contributed by atoms with Gasteiger partial charge in [-0.1, -0.05) is 0 Å². The lowest BCUT2D eigenvalue weighted by Crippen LogP contribution is -2.14. The van der Waals surface area contributed by atoms with Crippen LogP contribution in [-0.4, -0.2) is 26.9 Å². The quantitative estimate of drug-likeness (QED) is 0.651. The van der Waals surface area contributed by atoms with Crippen LogP contribution in [0, 0.1) is 0 Å². The zero-order valence-electron chi connectivity index (χ0n) is 11.1. The third kappa shape index (κ3) is 3.32. The van der Waals surface area contributed by atoms with Crippen molar-refractivity contribution in [3.8, 4) is 11.5 Å². The molecule has 0 aliphatic carbocycles. The predicted octanol–water partition coefficient (Wildman–Crippen LogP) is 2.01. The Hall–Kier alpha value is -2.54. The molecule has 0 aliphatic rings. The highest BCUT2D eigenvalue weighted by Crippen LogP contribution is 2.23. The van der Waals surface area contributed by atoms with Crippen LogP contribution < -0.4 is 9.46 Å². The maximum atomic E-state index is 12.2. The van der Waals surface area contributed by atoms with Crippen molar-refractivity contribution in [2.24, 2.45) is 0 Å². The number of benzene rings is 2. The number of phenolic OH excluding ortho intramolecular Hbond substituents is 1. The second-order valence-electron chi connectivity index (χ2n) is 4.17. The van der Waals surface area contributed by atoms with E-state index in [4.69, 9.17) is 4.74 Å². The van der Waals surface area contributed by atoms with Crippen molar-refractivity contribution in [1.29, 1.82) is 0 Å². The summed E-state index contributed by atoms with van der Waals surface area (Å²) in [6, 6.07) is 9.61. The van der Waals surface area contributed by atoms with E-state index in [9.17, 15) is 18.3 Å². The van der Waals surface area contributed by atoms with Gasteiger partial charge in [0.2, 0.25) is 0 Å². The lowest BCUT2D eigenvalue weighted by atomic mass is 10.2. The molecule has 0 heterocycles. The van der Waals surface area contributed by atoms with Crippen LogP contribution in [0.15, 0.2) is 47.4 Å². The van der Waals surface area contributed by atoms with Crippen LogP contribution in [0.25, 0.3) is 0 Å². The van der Waals surface area contributed by atoms with E-state index in [-0.39, 0.29) is 21.9 Å². The molecule has 2 rings (SSSR count). The van der Waals surface area contributed by atoms with Gasteiger partial charge in [0, 0.05) is 5.56 Å². The fourth-order valence-electron chi connectivity index (χ4n) is 1.70. The Morgan fingerprint density at radius 3 is 2.38 bits per heavy atom. The number of nitrogens with one attached hydrogen (secondary N) is 1. The third-order valence-corrected chi connectivity index (χ3v) is 4.16. The first-order chi connectivity index (χ1) is 9.96. The molecule has 2 aromatic carbocycles. The maximum absolute atomic E-state index is 12.2. The van der Waals surface area contributed by atoms with Crippen LogP contribution in [0.2, 0.25) is 0 Å². The minimum atomic E-state index is -3.83. The fourth-order valence-corrected chi connectivity index (χ4v) is 2.79. The van der Waals surface area contributed by atoms with E-state index < -0.39 is 10.0 Å². The van der Waals surface area contributed by atoms with Gasteiger partial charge < -0.3 is 9.84 Å². The summed E-state index contributed by atoms with van der Waals surface area (Å²) >= 11 is 0. The van der Waals surface area contributed by atoms with Gasteiger partial charge in [0.15, 0.2) is 6.29 Å². The van der Waals surface area contributed by atoms with Gasteiger partial charge in [-0.3, -0.25) is 9.52 Å². The van der Waals surface area contributed by atoms with Gasteiger partial charge in [0.05, 0.1) is 17.7 Å². The monoisotopic (exact) mass is 307 g/mol. The molecule has 0 saturated heterocycles. The molecule has 0 fully saturated rings. The van der Waals surface area contributed by atoms with Crippen LogP contribution in [0.5, 0.6) is 11.5 Å². The van der Waals surface area contributed by atoms with Gasteiger partial charge >= 0.3 is 0 Å².